The number of nitrogens with zero attached hydrogens (tertiary/aromatic N) is 2. The third kappa shape index (κ3) is 9.04. The van der Waals surface area contributed by atoms with Crippen molar-refractivity contribution >= 4 is 29.9 Å². The molecule has 6 nitrogen and oxygen atoms in total. The van der Waals surface area contributed by atoms with Gasteiger partial charge in [-0.25, -0.2) is 4.99 Å². The molecular weight excluding hydrogens is 503 g/mol. The number of benzene rings is 2. The molecule has 3 rings (SSSR count). The van der Waals surface area contributed by atoms with E-state index in [2.05, 4.69) is 58.9 Å². The van der Waals surface area contributed by atoms with Crippen LogP contribution in [0.25, 0.3) is 0 Å². The second-order valence-electron chi connectivity index (χ2n) is 7.43. The van der Waals surface area contributed by atoms with Crippen molar-refractivity contribution in [3.63, 3.8) is 0 Å². The molecule has 1 heterocycles. The van der Waals surface area contributed by atoms with Crippen molar-refractivity contribution in [1.29, 1.82) is 0 Å². The van der Waals surface area contributed by atoms with E-state index in [4.69, 9.17) is 14.5 Å². The molecule has 0 spiro atoms. The standard InChI is InChI=1S/C24H34N4O2.HI/c1-3-25-24(26-12-11-20-7-9-23(29-2)10-8-20)27-18-21-5-4-6-22(17-21)19-28-13-15-30-16-14-28;/h4-10,17H,3,11-16,18-19H2,1-2H3,(H2,25,26,27);1H. The maximum absolute atomic E-state index is 5.44. The number of hydrogen-bond acceptors (Lipinski definition) is 4. The van der Waals surface area contributed by atoms with Crippen LogP contribution in [0.15, 0.2) is 53.5 Å². The molecule has 31 heavy (non-hydrogen) atoms. The Labute approximate surface area is 203 Å². The van der Waals surface area contributed by atoms with E-state index in [0.717, 1.165) is 64.1 Å². The molecule has 1 fully saturated rings. The Morgan fingerprint density at radius 3 is 2.48 bits per heavy atom. The smallest absolute Gasteiger partial charge is 0.191 e. The normalized spacial score (nSPS) is 14.6. The lowest BCUT2D eigenvalue weighted by Gasteiger charge is -2.26. The lowest BCUT2D eigenvalue weighted by molar-refractivity contribution is 0.0342. The third-order valence-corrected chi connectivity index (χ3v) is 5.13. The minimum atomic E-state index is 0. The van der Waals surface area contributed by atoms with Gasteiger partial charge in [-0.3, -0.25) is 4.90 Å². The van der Waals surface area contributed by atoms with Crippen molar-refractivity contribution in [3.8, 4) is 5.75 Å². The van der Waals surface area contributed by atoms with E-state index in [-0.39, 0.29) is 24.0 Å². The number of guanidine groups is 1. The number of hydrogen-bond donors (Lipinski definition) is 2. The molecule has 0 saturated carbocycles. The molecule has 0 bridgehead atoms. The zero-order valence-corrected chi connectivity index (χ0v) is 20.9. The number of nitrogens with one attached hydrogen (secondary N) is 2. The first kappa shape index (κ1) is 25.4. The first-order chi connectivity index (χ1) is 14.8. The van der Waals surface area contributed by atoms with E-state index < -0.39 is 0 Å². The fraction of sp³-hybridized carbons (Fsp3) is 0.458. The van der Waals surface area contributed by atoms with Gasteiger partial charge in [0.05, 0.1) is 26.9 Å². The highest BCUT2D eigenvalue weighted by Crippen LogP contribution is 2.12. The lowest BCUT2D eigenvalue weighted by atomic mass is 10.1. The summed E-state index contributed by atoms with van der Waals surface area (Å²) in [4.78, 5) is 7.21. The number of aliphatic imine (C=N–C) groups is 1. The zero-order chi connectivity index (χ0) is 21.0. The molecule has 0 atom stereocenters. The van der Waals surface area contributed by atoms with E-state index >= 15 is 0 Å². The Bertz CT molecular complexity index is 792. The number of methoxy groups -OCH3 is 1. The molecule has 1 aliphatic rings. The highest BCUT2D eigenvalue weighted by atomic mass is 127. The molecule has 1 saturated heterocycles. The van der Waals surface area contributed by atoms with Gasteiger partial charge in [0.2, 0.25) is 0 Å². The second kappa shape index (κ2) is 14.3. The van der Waals surface area contributed by atoms with Crippen molar-refractivity contribution < 1.29 is 9.47 Å². The Morgan fingerprint density at radius 1 is 1.03 bits per heavy atom. The van der Waals surface area contributed by atoms with Gasteiger partial charge < -0.3 is 20.1 Å². The van der Waals surface area contributed by atoms with Crippen LogP contribution < -0.4 is 15.4 Å². The second-order valence-corrected chi connectivity index (χ2v) is 7.43. The number of rotatable bonds is 9. The van der Waals surface area contributed by atoms with Gasteiger partial charge in [-0.05, 0) is 42.2 Å². The van der Waals surface area contributed by atoms with E-state index in [9.17, 15) is 0 Å². The fourth-order valence-electron chi connectivity index (χ4n) is 3.47. The summed E-state index contributed by atoms with van der Waals surface area (Å²) in [5, 5.41) is 6.77. The summed E-state index contributed by atoms with van der Waals surface area (Å²) in [6, 6.07) is 16.9. The summed E-state index contributed by atoms with van der Waals surface area (Å²) in [6.45, 7) is 9.06. The molecule has 2 N–H and O–H groups in total. The van der Waals surface area contributed by atoms with Crippen LogP contribution in [-0.2, 0) is 24.2 Å². The first-order valence-electron chi connectivity index (χ1n) is 10.8. The summed E-state index contributed by atoms with van der Waals surface area (Å²) < 4.78 is 10.7. The van der Waals surface area contributed by atoms with Crippen molar-refractivity contribution in [1.82, 2.24) is 15.5 Å². The molecule has 2 aromatic rings. The highest BCUT2D eigenvalue weighted by molar-refractivity contribution is 14.0. The van der Waals surface area contributed by atoms with Crippen LogP contribution in [-0.4, -0.2) is 57.4 Å². The molecule has 1 aliphatic heterocycles. The Morgan fingerprint density at radius 2 is 1.77 bits per heavy atom. The van der Waals surface area contributed by atoms with Crippen molar-refractivity contribution in [2.24, 2.45) is 4.99 Å². The lowest BCUT2D eigenvalue weighted by Crippen LogP contribution is -2.38. The molecule has 0 radical (unpaired) electrons. The van der Waals surface area contributed by atoms with Gasteiger partial charge in [0.15, 0.2) is 5.96 Å². The van der Waals surface area contributed by atoms with Gasteiger partial charge in [0, 0.05) is 32.7 Å². The van der Waals surface area contributed by atoms with Crippen LogP contribution in [0.4, 0.5) is 0 Å². The van der Waals surface area contributed by atoms with E-state index in [0.29, 0.717) is 6.54 Å². The summed E-state index contributed by atoms with van der Waals surface area (Å²) in [5.41, 5.74) is 3.84. The Balaban J connectivity index is 0.00000341. The zero-order valence-electron chi connectivity index (χ0n) is 18.6. The predicted octanol–water partition coefficient (Wildman–Crippen LogP) is 3.44. The number of morpholine rings is 1. The fourth-order valence-corrected chi connectivity index (χ4v) is 3.47. The van der Waals surface area contributed by atoms with E-state index in [1.54, 1.807) is 7.11 Å². The van der Waals surface area contributed by atoms with Gasteiger partial charge >= 0.3 is 0 Å². The predicted molar refractivity (Wildman–Crippen MR) is 137 cm³/mol. The molecule has 2 aromatic carbocycles. The van der Waals surface area contributed by atoms with Crippen molar-refractivity contribution in [2.75, 3.05) is 46.5 Å². The van der Waals surface area contributed by atoms with E-state index in [1.807, 2.05) is 12.1 Å². The first-order valence-corrected chi connectivity index (χ1v) is 10.8. The van der Waals surface area contributed by atoms with Crippen molar-refractivity contribution in [3.05, 3.63) is 65.2 Å². The van der Waals surface area contributed by atoms with Gasteiger partial charge in [-0.15, -0.1) is 24.0 Å². The minimum absolute atomic E-state index is 0. The SMILES string of the molecule is CCNC(=NCc1cccc(CN2CCOCC2)c1)NCCc1ccc(OC)cc1.I. The maximum Gasteiger partial charge on any atom is 0.191 e. The van der Waals surface area contributed by atoms with Gasteiger partial charge in [0.1, 0.15) is 5.75 Å². The molecule has 170 valence electrons. The molecule has 0 unspecified atom stereocenters. The Kier molecular flexibility index (Phi) is 11.7. The summed E-state index contributed by atoms with van der Waals surface area (Å²) >= 11 is 0. The third-order valence-electron chi connectivity index (χ3n) is 5.13. The maximum atomic E-state index is 5.44. The van der Waals surface area contributed by atoms with Crippen LogP contribution in [0.3, 0.4) is 0 Å². The minimum Gasteiger partial charge on any atom is -0.497 e. The summed E-state index contributed by atoms with van der Waals surface area (Å²) in [5.74, 6) is 1.74. The molecule has 7 heteroatoms. The van der Waals surface area contributed by atoms with Crippen molar-refractivity contribution in [2.45, 2.75) is 26.4 Å². The van der Waals surface area contributed by atoms with Gasteiger partial charge in [-0.1, -0.05) is 36.4 Å². The van der Waals surface area contributed by atoms with Gasteiger partial charge in [0.25, 0.3) is 0 Å². The molecular formula is C24H35IN4O2. The van der Waals surface area contributed by atoms with Gasteiger partial charge in [-0.2, -0.15) is 0 Å². The molecule has 0 aliphatic carbocycles. The van der Waals surface area contributed by atoms with Crippen LogP contribution in [0.1, 0.15) is 23.6 Å². The molecule has 0 aromatic heterocycles. The molecule has 0 amide bonds. The largest absolute Gasteiger partial charge is 0.497 e. The summed E-state index contributed by atoms with van der Waals surface area (Å²) in [7, 11) is 1.69. The van der Waals surface area contributed by atoms with Crippen LogP contribution >= 0.6 is 24.0 Å². The quantitative estimate of drug-likeness (QED) is 0.291. The number of ether oxygens (including phenoxy) is 2. The number of halogens is 1. The Hall–Kier alpha value is -1.84. The van der Waals surface area contributed by atoms with Crippen LogP contribution in [0.5, 0.6) is 5.75 Å². The van der Waals surface area contributed by atoms with Crippen LogP contribution in [0, 0.1) is 0 Å². The average Bonchev–Trinajstić information content (AvgIpc) is 2.79. The monoisotopic (exact) mass is 538 g/mol. The highest BCUT2D eigenvalue weighted by Gasteiger charge is 2.10. The topological polar surface area (TPSA) is 58.1 Å². The van der Waals surface area contributed by atoms with E-state index in [1.165, 1.54) is 16.7 Å². The van der Waals surface area contributed by atoms with Crippen LogP contribution in [0.2, 0.25) is 0 Å². The average molecular weight is 538 g/mol. The summed E-state index contributed by atoms with van der Waals surface area (Å²) in [6.07, 6.45) is 0.934.